The van der Waals surface area contributed by atoms with Crippen LogP contribution in [0.4, 0.5) is 0 Å². The van der Waals surface area contributed by atoms with E-state index in [1.54, 1.807) is 7.05 Å². The fourth-order valence-corrected chi connectivity index (χ4v) is 3.83. The fraction of sp³-hybridized carbons (Fsp3) is 0.300. The Hall–Kier alpha value is -1.78. The van der Waals surface area contributed by atoms with Crippen molar-refractivity contribution in [3.05, 3.63) is 28.5 Å². The van der Waals surface area contributed by atoms with Crippen LogP contribution in [0.5, 0.6) is 0 Å². The molecule has 0 fully saturated rings. The van der Waals surface area contributed by atoms with Crippen LogP contribution in [0.3, 0.4) is 0 Å². The van der Waals surface area contributed by atoms with Gasteiger partial charge in [0, 0.05) is 20.0 Å². The van der Waals surface area contributed by atoms with Gasteiger partial charge in [0.25, 0.3) is 0 Å². The number of carboxylic acids is 1. The van der Waals surface area contributed by atoms with E-state index in [0.717, 1.165) is 11.3 Å². The van der Waals surface area contributed by atoms with Gasteiger partial charge in [-0.2, -0.15) is 5.10 Å². The van der Waals surface area contributed by atoms with E-state index in [9.17, 15) is 13.2 Å². The van der Waals surface area contributed by atoms with Crippen molar-refractivity contribution in [3.63, 3.8) is 0 Å². The molecule has 2 rings (SSSR count). The molecule has 0 amide bonds. The monoisotopic (exact) mass is 316 g/mol. The maximum absolute atomic E-state index is 12.0. The molecule has 2 aromatic heterocycles. The van der Waals surface area contributed by atoms with E-state index in [-0.39, 0.29) is 16.3 Å². The zero-order chi connectivity index (χ0) is 14.8. The van der Waals surface area contributed by atoms with Crippen LogP contribution in [0, 0.1) is 0 Å². The number of thiophene rings is 1. The minimum Gasteiger partial charge on any atom is -0.477 e. The molecular weight excluding hydrogens is 304 g/mol. The zero-order valence-corrected chi connectivity index (χ0v) is 12.1. The topological polar surface area (TPSA) is 114 Å². The van der Waals surface area contributed by atoms with Gasteiger partial charge in [-0.3, -0.25) is 4.68 Å². The van der Waals surface area contributed by atoms with E-state index in [1.165, 1.54) is 22.5 Å². The lowest BCUT2D eigenvalue weighted by Crippen LogP contribution is -2.27. The summed E-state index contributed by atoms with van der Waals surface area (Å²) in [4.78, 5) is 14.5. The molecule has 2 N–H and O–H groups in total. The van der Waals surface area contributed by atoms with E-state index in [2.05, 4.69) is 14.8 Å². The average molecular weight is 316 g/mol. The number of aryl methyl sites for hydroxylation is 1. The quantitative estimate of drug-likeness (QED) is 0.781. The number of carbonyl (C=O) groups is 1. The van der Waals surface area contributed by atoms with E-state index in [0.29, 0.717) is 12.2 Å². The zero-order valence-electron chi connectivity index (χ0n) is 10.5. The van der Waals surface area contributed by atoms with Crippen molar-refractivity contribution in [2.45, 2.75) is 11.3 Å². The first-order valence-electron chi connectivity index (χ1n) is 5.55. The van der Waals surface area contributed by atoms with E-state index >= 15 is 0 Å². The van der Waals surface area contributed by atoms with Gasteiger partial charge in [-0.05, 0) is 11.4 Å². The SMILES string of the molecule is Cn1cnc(CCNS(=O)(=O)c2ccsc2C(=O)O)n1. The summed E-state index contributed by atoms with van der Waals surface area (Å²) in [6.07, 6.45) is 1.85. The molecule has 0 spiro atoms. The molecule has 0 saturated carbocycles. The maximum Gasteiger partial charge on any atom is 0.347 e. The number of aromatic carboxylic acids is 1. The average Bonchev–Trinajstić information content (AvgIpc) is 2.97. The summed E-state index contributed by atoms with van der Waals surface area (Å²) >= 11 is 0.871. The van der Waals surface area contributed by atoms with Crippen LogP contribution < -0.4 is 4.72 Å². The lowest BCUT2D eigenvalue weighted by Gasteiger charge is -2.04. The van der Waals surface area contributed by atoms with Gasteiger partial charge in [-0.15, -0.1) is 11.3 Å². The first-order valence-corrected chi connectivity index (χ1v) is 7.91. The molecule has 20 heavy (non-hydrogen) atoms. The molecular formula is C10H12N4O4S2. The first kappa shape index (κ1) is 14.6. The number of nitrogens with one attached hydrogen (secondary N) is 1. The first-order chi connectivity index (χ1) is 9.40. The number of hydrogen-bond donors (Lipinski definition) is 2. The fourth-order valence-electron chi connectivity index (χ4n) is 1.54. The Bertz CT molecular complexity index is 719. The van der Waals surface area contributed by atoms with Crippen molar-refractivity contribution >= 4 is 27.3 Å². The minimum absolute atomic E-state index is 0.0985. The predicted octanol–water partition coefficient (Wildman–Crippen LogP) is 0.0958. The van der Waals surface area contributed by atoms with E-state index in [4.69, 9.17) is 5.11 Å². The van der Waals surface area contributed by atoms with Crippen molar-refractivity contribution in [2.75, 3.05) is 6.54 Å². The van der Waals surface area contributed by atoms with Gasteiger partial charge in [0.15, 0.2) is 5.82 Å². The third-order valence-electron chi connectivity index (χ3n) is 2.40. The molecule has 10 heteroatoms. The lowest BCUT2D eigenvalue weighted by molar-refractivity contribution is 0.0698. The molecule has 2 heterocycles. The van der Waals surface area contributed by atoms with Crippen molar-refractivity contribution in [3.8, 4) is 0 Å². The Balaban J connectivity index is 2.04. The highest BCUT2D eigenvalue weighted by Gasteiger charge is 2.23. The van der Waals surface area contributed by atoms with Crippen molar-refractivity contribution in [1.29, 1.82) is 0 Å². The van der Waals surface area contributed by atoms with Gasteiger partial charge in [0.2, 0.25) is 10.0 Å². The molecule has 0 aliphatic carbocycles. The van der Waals surface area contributed by atoms with Gasteiger partial charge >= 0.3 is 5.97 Å². The second kappa shape index (κ2) is 5.69. The summed E-state index contributed by atoms with van der Waals surface area (Å²) in [5.41, 5.74) is 0. The molecule has 0 aliphatic rings. The number of rotatable bonds is 6. The highest BCUT2D eigenvalue weighted by molar-refractivity contribution is 7.89. The molecule has 2 aromatic rings. The Morgan fingerprint density at radius 1 is 1.55 bits per heavy atom. The molecule has 0 saturated heterocycles. The summed E-state index contributed by atoms with van der Waals surface area (Å²) < 4.78 is 27.9. The third kappa shape index (κ3) is 3.21. The number of hydrogen-bond acceptors (Lipinski definition) is 6. The van der Waals surface area contributed by atoms with E-state index in [1.807, 2.05) is 0 Å². The molecule has 0 aliphatic heterocycles. The second-order valence-corrected chi connectivity index (χ2v) is 6.55. The summed E-state index contributed by atoms with van der Waals surface area (Å²) in [5.74, 6) is -0.745. The molecule has 0 unspecified atom stereocenters. The molecule has 8 nitrogen and oxygen atoms in total. The van der Waals surface area contributed by atoms with Gasteiger partial charge in [0.05, 0.1) is 0 Å². The predicted molar refractivity (Wildman–Crippen MR) is 71.2 cm³/mol. The summed E-state index contributed by atoms with van der Waals surface area (Å²) in [6.45, 7) is 0.0985. The Morgan fingerprint density at radius 2 is 2.30 bits per heavy atom. The normalized spacial score (nSPS) is 11.7. The Kier molecular flexibility index (Phi) is 4.16. The highest BCUT2D eigenvalue weighted by Crippen LogP contribution is 2.21. The van der Waals surface area contributed by atoms with Crippen LogP contribution >= 0.6 is 11.3 Å². The van der Waals surface area contributed by atoms with Crippen LogP contribution in [0.1, 0.15) is 15.5 Å². The van der Waals surface area contributed by atoms with Crippen LogP contribution in [-0.2, 0) is 23.5 Å². The number of carboxylic acid groups (broad SMARTS) is 1. The van der Waals surface area contributed by atoms with Crippen LogP contribution in [0.15, 0.2) is 22.7 Å². The summed E-state index contributed by atoms with van der Waals surface area (Å²) in [5, 5.41) is 14.4. The van der Waals surface area contributed by atoms with Gasteiger partial charge in [0.1, 0.15) is 16.1 Å². The standard InChI is InChI=1S/C10H12N4O4S2/c1-14-6-11-8(13-14)2-4-12-20(17,18)7-3-5-19-9(7)10(15)16/h3,5-6,12H,2,4H2,1H3,(H,15,16). The van der Waals surface area contributed by atoms with Gasteiger partial charge in [-0.25, -0.2) is 22.9 Å². The van der Waals surface area contributed by atoms with Gasteiger partial charge in [-0.1, -0.05) is 0 Å². The Morgan fingerprint density at radius 3 is 2.90 bits per heavy atom. The number of aromatic nitrogens is 3. The number of sulfonamides is 1. The lowest BCUT2D eigenvalue weighted by atomic mass is 10.4. The highest BCUT2D eigenvalue weighted by atomic mass is 32.2. The van der Waals surface area contributed by atoms with Crippen molar-refractivity contribution in [1.82, 2.24) is 19.5 Å². The van der Waals surface area contributed by atoms with Crippen molar-refractivity contribution < 1.29 is 18.3 Å². The van der Waals surface area contributed by atoms with Crippen LogP contribution in [0.25, 0.3) is 0 Å². The summed E-state index contributed by atoms with van der Waals surface area (Å²) in [7, 11) is -2.13. The number of nitrogens with zero attached hydrogens (tertiary/aromatic N) is 3. The van der Waals surface area contributed by atoms with Crippen molar-refractivity contribution in [2.24, 2.45) is 7.05 Å². The minimum atomic E-state index is -3.84. The molecule has 0 atom stereocenters. The third-order valence-corrected chi connectivity index (χ3v) is 4.94. The smallest absolute Gasteiger partial charge is 0.347 e. The second-order valence-electron chi connectivity index (χ2n) is 3.90. The van der Waals surface area contributed by atoms with Crippen LogP contribution in [-0.4, -0.2) is 40.8 Å². The van der Waals surface area contributed by atoms with Crippen LogP contribution in [0.2, 0.25) is 0 Å². The Labute approximate surface area is 119 Å². The molecule has 0 radical (unpaired) electrons. The summed E-state index contributed by atoms with van der Waals surface area (Å²) in [6, 6.07) is 1.27. The maximum atomic E-state index is 12.0. The molecule has 0 bridgehead atoms. The molecule has 108 valence electrons. The largest absolute Gasteiger partial charge is 0.477 e. The van der Waals surface area contributed by atoms with Gasteiger partial charge < -0.3 is 5.11 Å². The van der Waals surface area contributed by atoms with E-state index < -0.39 is 16.0 Å². The molecule has 0 aromatic carbocycles.